The second kappa shape index (κ2) is 6.51. The van der Waals surface area contributed by atoms with Gasteiger partial charge in [-0.1, -0.05) is 29.4 Å². The van der Waals surface area contributed by atoms with E-state index in [-0.39, 0.29) is 11.7 Å². The molecule has 0 bridgehead atoms. The van der Waals surface area contributed by atoms with Crippen molar-refractivity contribution in [3.63, 3.8) is 0 Å². The van der Waals surface area contributed by atoms with E-state index in [1.807, 2.05) is 12.1 Å². The van der Waals surface area contributed by atoms with E-state index < -0.39 is 0 Å². The highest BCUT2D eigenvalue weighted by molar-refractivity contribution is 5.97. The van der Waals surface area contributed by atoms with Crippen molar-refractivity contribution < 1.29 is 10.0 Å². The van der Waals surface area contributed by atoms with Gasteiger partial charge in [-0.3, -0.25) is 9.78 Å². The third-order valence-corrected chi connectivity index (χ3v) is 3.06. The van der Waals surface area contributed by atoms with E-state index in [0.29, 0.717) is 23.4 Å². The molecule has 6 heteroatoms. The van der Waals surface area contributed by atoms with E-state index in [2.05, 4.69) is 15.5 Å². The van der Waals surface area contributed by atoms with Crippen LogP contribution in [0.4, 0.5) is 0 Å². The lowest BCUT2D eigenvalue weighted by Gasteiger charge is -2.07. The number of nitrogens with one attached hydrogen (secondary N) is 1. The molecule has 6 nitrogen and oxygen atoms in total. The lowest BCUT2D eigenvalue weighted by atomic mass is 10.1. The highest BCUT2D eigenvalue weighted by Gasteiger charge is 2.08. The minimum Gasteiger partial charge on any atom is -0.409 e. The van der Waals surface area contributed by atoms with Gasteiger partial charge in [-0.25, -0.2) is 0 Å². The number of benzene rings is 1. The minimum absolute atomic E-state index is 0.0524. The number of amidine groups is 1. The third kappa shape index (κ3) is 3.56. The van der Waals surface area contributed by atoms with E-state index >= 15 is 0 Å². The first kappa shape index (κ1) is 14.5. The molecule has 2 rings (SSSR count). The predicted molar refractivity (Wildman–Crippen MR) is 79.1 cm³/mol. The van der Waals surface area contributed by atoms with Gasteiger partial charge in [0.1, 0.15) is 0 Å². The van der Waals surface area contributed by atoms with Crippen molar-refractivity contribution >= 4 is 11.7 Å². The Bertz CT molecular complexity index is 666. The molecule has 0 unspecified atom stereocenters. The van der Waals surface area contributed by atoms with E-state index in [9.17, 15) is 4.79 Å². The average Bonchev–Trinajstić information content (AvgIpc) is 2.52. The van der Waals surface area contributed by atoms with Crippen molar-refractivity contribution in [3.8, 4) is 0 Å². The molecule has 0 fully saturated rings. The summed E-state index contributed by atoms with van der Waals surface area (Å²) in [6.07, 6.45) is 1.65. The highest BCUT2D eigenvalue weighted by atomic mass is 16.4. The van der Waals surface area contributed by atoms with Crippen molar-refractivity contribution in [2.45, 2.75) is 13.5 Å². The molecule has 1 aromatic carbocycles. The molecule has 4 N–H and O–H groups in total. The number of rotatable bonds is 4. The molecular formula is C15H16N4O2. The summed E-state index contributed by atoms with van der Waals surface area (Å²) in [5, 5.41) is 14.3. The summed E-state index contributed by atoms with van der Waals surface area (Å²) >= 11 is 0. The minimum atomic E-state index is -0.166. The van der Waals surface area contributed by atoms with Gasteiger partial charge < -0.3 is 16.3 Å². The Morgan fingerprint density at radius 2 is 2.05 bits per heavy atom. The molecule has 0 aliphatic heterocycles. The maximum atomic E-state index is 12.0. The standard InChI is InChI=1S/C15H16N4O2/c1-10-13(3-2-8-17-10)15(20)18-9-11-4-6-12(7-5-11)14(16)19-21/h2-8,21H,9H2,1H3,(H2,16,19)(H,18,20). The van der Waals surface area contributed by atoms with Crippen LogP contribution in [0.5, 0.6) is 0 Å². The Hall–Kier alpha value is -2.89. The summed E-state index contributed by atoms with van der Waals surface area (Å²) in [6, 6.07) is 10.5. The monoisotopic (exact) mass is 284 g/mol. The fourth-order valence-electron chi connectivity index (χ4n) is 1.85. The van der Waals surface area contributed by atoms with Gasteiger partial charge in [-0.05, 0) is 24.6 Å². The van der Waals surface area contributed by atoms with Crippen molar-refractivity contribution in [3.05, 3.63) is 65.0 Å². The summed E-state index contributed by atoms with van der Waals surface area (Å²) in [6.45, 7) is 2.18. The normalized spacial score (nSPS) is 11.2. The highest BCUT2D eigenvalue weighted by Crippen LogP contribution is 2.06. The Morgan fingerprint density at radius 1 is 1.33 bits per heavy atom. The van der Waals surface area contributed by atoms with Crippen LogP contribution in [0.2, 0.25) is 0 Å². The van der Waals surface area contributed by atoms with Crippen LogP contribution in [0.3, 0.4) is 0 Å². The molecular weight excluding hydrogens is 268 g/mol. The van der Waals surface area contributed by atoms with Gasteiger partial charge in [0.25, 0.3) is 5.91 Å². The Morgan fingerprint density at radius 3 is 2.67 bits per heavy atom. The number of aryl methyl sites for hydroxylation is 1. The quantitative estimate of drug-likeness (QED) is 0.342. The van der Waals surface area contributed by atoms with Crippen LogP contribution in [-0.2, 0) is 6.54 Å². The molecule has 2 aromatic rings. The molecule has 0 spiro atoms. The van der Waals surface area contributed by atoms with E-state index in [4.69, 9.17) is 10.9 Å². The number of oxime groups is 1. The first-order chi connectivity index (χ1) is 10.1. The number of carbonyl (C=O) groups is 1. The first-order valence-corrected chi connectivity index (χ1v) is 6.38. The van der Waals surface area contributed by atoms with Gasteiger partial charge in [0, 0.05) is 24.0 Å². The van der Waals surface area contributed by atoms with Crippen LogP contribution in [0.15, 0.2) is 47.8 Å². The van der Waals surface area contributed by atoms with Gasteiger partial charge in [0.2, 0.25) is 0 Å². The lowest BCUT2D eigenvalue weighted by Crippen LogP contribution is -2.24. The Labute approximate surface area is 122 Å². The number of pyridine rings is 1. The Balaban J connectivity index is 2.00. The zero-order valence-corrected chi connectivity index (χ0v) is 11.6. The molecule has 0 radical (unpaired) electrons. The number of aromatic nitrogens is 1. The molecule has 21 heavy (non-hydrogen) atoms. The molecule has 108 valence electrons. The second-order valence-electron chi connectivity index (χ2n) is 4.50. The van der Waals surface area contributed by atoms with Gasteiger partial charge in [-0.15, -0.1) is 0 Å². The number of nitrogens with zero attached hydrogens (tertiary/aromatic N) is 2. The summed E-state index contributed by atoms with van der Waals surface area (Å²) in [5.74, 6) is -0.113. The van der Waals surface area contributed by atoms with Crippen LogP contribution in [0.1, 0.15) is 27.2 Å². The molecule has 1 heterocycles. The fourth-order valence-corrected chi connectivity index (χ4v) is 1.85. The number of amides is 1. The topological polar surface area (TPSA) is 101 Å². The van der Waals surface area contributed by atoms with Gasteiger partial charge in [-0.2, -0.15) is 0 Å². The Kier molecular flexibility index (Phi) is 4.50. The molecule has 0 saturated heterocycles. The number of nitrogens with two attached hydrogens (primary N) is 1. The molecule has 0 aliphatic carbocycles. The molecule has 1 aromatic heterocycles. The molecule has 0 atom stereocenters. The summed E-state index contributed by atoms with van der Waals surface area (Å²) in [4.78, 5) is 16.1. The van der Waals surface area contributed by atoms with Crippen molar-refractivity contribution in [1.82, 2.24) is 10.3 Å². The van der Waals surface area contributed by atoms with Crippen molar-refractivity contribution in [1.29, 1.82) is 0 Å². The summed E-state index contributed by atoms with van der Waals surface area (Å²) < 4.78 is 0. The zero-order valence-electron chi connectivity index (χ0n) is 11.6. The van der Waals surface area contributed by atoms with E-state index in [1.54, 1.807) is 37.4 Å². The third-order valence-electron chi connectivity index (χ3n) is 3.06. The van der Waals surface area contributed by atoms with Gasteiger partial charge in [0.05, 0.1) is 5.56 Å². The zero-order chi connectivity index (χ0) is 15.2. The number of carbonyl (C=O) groups excluding carboxylic acids is 1. The van der Waals surface area contributed by atoms with Crippen molar-refractivity contribution in [2.75, 3.05) is 0 Å². The van der Waals surface area contributed by atoms with Crippen LogP contribution < -0.4 is 11.1 Å². The number of hydrogen-bond acceptors (Lipinski definition) is 4. The van der Waals surface area contributed by atoms with E-state index in [0.717, 1.165) is 5.56 Å². The summed E-state index contributed by atoms with van der Waals surface area (Å²) in [7, 11) is 0. The first-order valence-electron chi connectivity index (χ1n) is 6.38. The molecule has 1 amide bonds. The van der Waals surface area contributed by atoms with Crippen LogP contribution >= 0.6 is 0 Å². The summed E-state index contributed by atoms with van der Waals surface area (Å²) in [5.41, 5.74) is 8.27. The molecule has 0 aliphatic rings. The van der Waals surface area contributed by atoms with Crippen molar-refractivity contribution in [2.24, 2.45) is 10.9 Å². The number of hydrogen-bond donors (Lipinski definition) is 3. The largest absolute Gasteiger partial charge is 0.409 e. The van der Waals surface area contributed by atoms with Gasteiger partial charge in [0.15, 0.2) is 5.84 Å². The van der Waals surface area contributed by atoms with Crippen LogP contribution in [0.25, 0.3) is 0 Å². The fraction of sp³-hybridized carbons (Fsp3) is 0.133. The second-order valence-corrected chi connectivity index (χ2v) is 4.50. The SMILES string of the molecule is Cc1ncccc1C(=O)NCc1ccc(/C(N)=N/O)cc1. The smallest absolute Gasteiger partial charge is 0.253 e. The maximum Gasteiger partial charge on any atom is 0.253 e. The average molecular weight is 284 g/mol. The molecule has 0 saturated carbocycles. The van der Waals surface area contributed by atoms with E-state index in [1.165, 1.54) is 0 Å². The predicted octanol–water partition coefficient (Wildman–Crippen LogP) is 1.41. The maximum absolute atomic E-state index is 12.0. The van der Waals surface area contributed by atoms with Gasteiger partial charge >= 0.3 is 0 Å². The lowest BCUT2D eigenvalue weighted by molar-refractivity contribution is 0.0950. The van der Waals surface area contributed by atoms with Crippen LogP contribution in [0, 0.1) is 6.92 Å². The van der Waals surface area contributed by atoms with Crippen LogP contribution in [-0.4, -0.2) is 21.9 Å².